The van der Waals surface area contributed by atoms with Gasteiger partial charge in [0.25, 0.3) is 0 Å². The van der Waals surface area contributed by atoms with E-state index in [1.165, 1.54) is 10.9 Å². The van der Waals surface area contributed by atoms with E-state index in [9.17, 15) is 0 Å². The quantitative estimate of drug-likeness (QED) is 0.658. The standard InChI is InChI=1S/C15H14N2S2/c1-10-7-15(17-14-6-4-3-5-13(10)14)19-9-12-8-18-11(2)16-12/h3-8H,9H2,1-2H3. The van der Waals surface area contributed by atoms with Gasteiger partial charge in [-0.3, -0.25) is 0 Å². The normalized spacial score (nSPS) is 11.1. The number of rotatable bonds is 3. The van der Waals surface area contributed by atoms with Crippen LogP contribution >= 0.6 is 23.1 Å². The number of hydrogen-bond donors (Lipinski definition) is 0. The molecule has 3 rings (SSSR count). The third-order valence-electron chi connectivity index (χ3n) is 2.93. The van der Waals surface area contributed by atoms with E-state index in [4.69, 9.17) is 4.98 Å². The number of aromatic nitrogens is 2. The molecular weight excluding hydrogens is 272 g/mol. The van der Waals surface area contributed by atoms with Crippen LogP contribution in [0.25, 0.3) is 10.9 Å². The molecule has 0 radical (unpaired) electrons. The molecule has 0 aliphatic rings. The SMILES string of the molecule is Cc1nc(CSc2cc(C)c3ccccc3n2)cs1. The molecule has 0 unspecified atom stereocenters. The van der Waals surface area contributed by atoms with Gasteiger partial charge in [-0.2, -0.15) is 0 Å². The van der Waals surface area contributed by atoms with Gasteiger partial charge in [-0.25, -0.2) is 9.97 Å². The Balaban J connectivity index is 1.85. The molecule has 0 bridgehead atoms. The van der Waals surface area contributed by atoms with E-state index < -0.39 is 0 Å². The van der Waals surface area contributed by atoms with Gasteiger partial charge in [0.1, 0.15) is 0 Å². The van der Waals surface area contributed by atoms with Crippen molar-refractivity contribution >= 4 is 34.0 Å². The van der Waals surface area contributed by atoms with Gasteiger partial charge >= 0.3 is 0 Å². The lowest BCUT2D eigenvalue weighted by atomic mass is 10.1. The summed E-state index contributed by atoms with van der Waals surface area (Å²) < 4.78 is 0. The highest BCUT2D eigenvalue weighted by molar-refractivity contribution is 7.98. The Hall–Kier alpha value is -1.39. The minimum atomic E-state index is 0.884. The van der Waals surface area contributed by atoms with Crippen molar-refractivity contribution in [3.63, 3.8) is 0 Å². The Kier molecular flexibility index (Phi) is 3.53. The molecule has 0 spiro atoms. The Labute approximate surface area is 120 Å². The predicted octanol–water partition coefficient (Wildman–Crippen LogP) is 4.60. The molecule has 0 amide bonds. The summed E-state index contributed by atoms with van der Waals surface area (Å²) in [5.41, 5.74) is 3.49. The second-order valence-corrected chi connectivity index (χ2v) is 6.50. The maximum Gasteiger partial charge on any atom is 0.0974 e. The van der Waals surface area contributed by atoms with Gasteiger partial charge in [0.15, 0.2) is 0 Å². The number of thiazole rings is 1. The number of hydrogen-bond acceptors (Lipinski definition) is 4. The average Bonchev–Trinajstić information content (AvgIpc) is 2.82. The largest absolute Gasteiger partial charge is 0.246 e. The van der Waals surface area contributed by atoms with Crippen LogP contribution in [0.4, 0.5) is 0 Å². The fourth-order valence-corrected chi connectivity index (χ4v) is 3.60. The Morgan fingerprint density at radius 3 is 2.79 bits per heavy atom. The summed E-state index contributed by atoms with van der Waals surface area (Å²) in [4.78, 5) is 9.18. The van der Waals surface area contributed by atoms with Gasteiger partial charge in [-0.05, 0) is 31.5 Å². The van der Waals surface area contributed by atoms with Crippen molar-refractivity contribution < 1.29 is 0 Å². The van der Waals surface area contributed by atoms with Crippen molar-refractivity contribution in [2.45, 2.75) is 24.6 Å². The molecule has 2 aromatic heterocycles. The highest BCUT2D eigenvalue weighted by Crippen LogP contribution is 2.26. The van der Waals surface area contributed by atoms with E-state index in [0.29, 0.717) is 0 Å². The third-order valence-corrected chi connectivity index (χ3v) is 4.70. The maximum absolute atomic E-state index is 4.70. The van der Waals surface area contributed by atoms with E-state index >= 15 is 0 Å². The topological polar surface area (TPSA) is 25.8 Å². The highest BCUT2D eigenvalue weighted by atomic mass is 32.2. The molecule has 0 atom stereocenters. The highest BCUT2D eigenvalue weighted by Gasteiger charge is 2.04. The van der Waals surface area contributed by atoms with Crippen molar-refractivity contribution in [2.24, 2.45) is 0 Å². The molecule has 19 heavy (non-hydrogen) atoms. The first-order valence-corrected chi connectivity index (χ1v) is 7.99. The zero-order valence-electron chi connectivity index (χ0n) is 10.9. The van der Waals surface area contributed by atoms with Gasteiger partial charge in [0, 0.05) is 16.5 Å². The number of fused-ring (bicyclic) bond motifs is 1. The first-order valence-electron chi connectivity index (χ1n) is 6.12. The number of thioether (sulfide) groups is 1. The number of nitrogens with zero attached hydrogens (tertiary/aromatic N) is 2. The zero-order valence-corrected chi connectivity index (χ0v) is 12.5. The third kappa shape index (κ3) is 2.80. The van der Waals surface area contributed by atoms with Crippen molar-refractivity contribution in [2.75, 3.05) is 0 Å². The average molecular weight is 286 g/mol. The molecule has 1 aromatic carbocycles. The smallest absolute Gasteiger partial charge is 0.0974 e. The molecule has 96 valence electrons. The zero-order chi connectivity index (χ0) is 13.2. The first kappa shape index (κ1) is 12.6. The van der Waals surface area contributed by atoms with E-state index in [2.05, 4.69) is 41.6 Å². The lowest BCUT2D eigenvalue weighted by molar-refractivity contribution is 1.14. The second-order valence-electron chi connectivity index (χ2n) is 4.44. The minimum absolute atomic E-state index is 0.884. The summed E-state index contributed by atoms with van der Waals surface area (Å²) in [5, 5.41) is 5.55. The molecule has 0 aliphatic carbocycles. The molecule has 0 N–H and O–H groups in total. The lowest BCUT2D eigenvalue weighted by Crippen LogP contribution is -1.88. The molecule has 3 aromatic rings. The molecule has 0 aliphatic heterocycles. The lowest BCUT2D eigenvalue weighted by Gasteiger charge is -2.05. The molecule has 0 saturated heterocycles. The number of benzene rings is 1. The molecule has 0 fully saturated rings. The van der Waals surface area contributed by atoms with Gasteiger partial charge in [0.2, 0.25) is 0 Å². The van der Waals surface area contributed by atoms with Gasteiger partial charge < -0.3 is 0 Å². The molecule has 2 heterocycles. The number of aryl methyl sites for hydroxylation is 2. The van der Waals surface area contributed by atoms with Crippen LogP contribution in [0.2, 0.25) is 0 Å². The van der Waals surface area contributed by atoms with E-state index in [-0.39, 0.29) is 0 Å². The van der Waals surface area contributed by atoms with Crippen LogP contribution in [0.5, 0.6) is 0 Å². The van der Waals surface area contributed by atoms with Gasteiger partial charge in [0.05, 0.1) is 21.2 Å². The van der Waals surface area contributed by atoms with Crippen molar-refractivity contribution in [1.29, 1.82) is 0 Å². The summed E-state index contributed by atoms with van der Waals surface area (Å²) in [6, 6.07) is 10.4. The number of para-hydroxylation sites is 1. The van der Waals surface area contributed by atoms with Crippen LogP contribution < -0.4 is 0 Å². The van der Waals surface area contributed by atoms with Crippen molar-refractivity contribution in [3.8, 4) is 0 Å². The van der Waals surface area contributed by atoms with E-state index in [1.807, 2.05) is 13.0 Å². The van der Waals surface area contributed by atoms with Crippen LogP contribution in [0.1, 0.15) is 16.3 Å². The van der Waals surface area contributed by atoms with Crippen LogP contribution in [-0.4, -0.2) is 9.97 Å². The Morgan fingerprint density at radius 2 is 2.00 bits per heavy atom. The second kappa shape index (κ2) is 5.31. The monoisotopic (exact) mass is 286 g/mol. The summed E-state index contributed by atoms with van der Waals surface area (Å²) in [6.07, 6.45) is 0. The molecule has 0 saturated carbocycles. The van der Waals surface area contributed by atoms with Gasteiger partial charge in [-0.1, -0.05) is 30.0 Å². The Morgan fingerprint density at radius 1 is 1.16 bits per heavy atom. The van der Waals surface area contributed by atoms with E-state index in [0.717, 1.165) is 27.0 Å². The first-order chi connectivity index (χ1) is 9.22. The molecule has 2 nitrogen and oxygen atoms in total. The fraction of sp³-hybridized carbons (Fsp3) is 0.200. The summed E-state index contributed by atoms with van der Waals surface area (Å²) in [5.74, 6) is 0.884. The summed E-state index contributed by atoms with van der Waals surface area (Å²) >= 11 is 3.45. The molecular formula is C15H14N2S2. The van der Waals surface area contributed by atoms with E-state index in [1.54, 1.807) is 23.1 Å². The van der Waals surface area contributed by atoms with Crippen molar-refractivity contribution in [3.05, 3.63) is 52.0 Å². The fourth-order valence-electron chi connectivity index (χ4n) is 2.01. The molecule has 4 heteroatoms. The minimum Gasteiger partial charge on any atom is -0.246 e. The number of pyridine rings is 1. The Bertz CT molecular complexity index is 719. The van der Waals surface area contributed by atoms with Crippen LogP contribution in [0, 0.1) is 13.8 Å². The van der Waals surface area contributed by atoms with Crippen LogP contribution in [0.15, 0.2) is 40.7 Å². The van der Waals surface area contributed by atoms with Gasteiger partial charge in [-0.15, -0.1) is 11.3 Å². The van der Waals surface area contributed by atoms with Crippen molar-refractivity contribution in [1.82, 2.24) is 9.97 Å². The van der Waals surface area contributed by atoms with Crippen LogP contribution in [0.3, 0.4) is 0 Å². The summed E-state index contributed by atoms with van der Waals surface area (Å²) in [7, 11) is 0. The summed E-state index contributed by atoms with van der Waals surface area (Å²) in [6.45, 7) is 4.18. The maximum atomic E-state index is 4.70. The predicted molar refractivity (Wildman–Crippen MR) is 82.9 cm³/mol. The van der Waals surface area contributed by atoms with Crippen LogP contribution in [-0.2, 0) is 5.75 Å².